The van der Waals surface area contributed by atoms with Gasteiger partial charge < -0.3 is 15.0 Å². The molecule has 0 saturated carbocycles. The van der Waals surface area contributed by atoms with Gasteiger partial charge in [0.25, 0.3) is 5.91 Å². The zero-order chi connectivity index (χ0) is 28.1. The number of anilines is 4. The molecule has 3 aromatic heterocycles. The number of nitrogens with one attached hydrogen (secondary N) is 3. The van der Waals surface area contributed by atoms with E-state index in [0.717, 1.165) is 12.3 Å². The maximum Gasteiger partial charge on any atom is 0.417 e. The number of hydrogen-bond donors (Lipinski definition) is 3. The topological polar surface area (TPSA) is 130 Å². The van der Waals surface area contributed by atoms with Crippen LogP contribution in [-0.2, 0) is 10.9 Å². The number of nitrogens with zero attached hydrogens (tertiary/aromatic N) is 6. The quantitative estimate of drug-likeness (QED) is 0.229. The molecule has 0 radical (unpaired) electrons. The number of rotatable bonds is 7. The molecule has 4 aromatic rings. The Balaban J connectivity index is 1.24. The molecular formula is C25H21F4N9O2. The van der Waals surface area contributed by atoms with Crippen LogP contribution in [-0.4, -0.2) is 57.1 Å². The SMILES string of the molecule is O=C(NNc1ncc(F)c(N2CCOCC2)n1)c1ccc(Nc2ccc(-c3cncnc3)c(C(F)(F)F)c2)cn1. The first-order valence-corrected chi connectivity index (χ1v) is 11.9. The maximum atomic E-state index is 14.2. The summed E-state index contributed by atoms with van der Waals surface area (Å²) >= 11 is 0. The number of hydrazine groups is 1. The molecule has 5 rings (SSSR count). The van der Waals surface area contributed by atoms with Crippen LogP contribution >= 0.6 is 0 Å². The van der Waals surface area contributed by atoms with Gasteiger partial charge in [-0.2, -0.15) is 18.2 Å². The summed E-state index contributed by atoms with van der Waals surface area (Å²) < 4.78 is 60.7. The summed E-state index contributed by atoms with van der Waals surface area (Å²) in [6, 6.07) is 6.65. The molecule has 15 heteroatoms. The lowest BCUT2D eigenvalue weighted by atomic mass is 10.0. The summed E-state index contributed by atoms with van der Waals surface area (Å²) in [7, 11) is 0. The highest BCUT2D eigenvalue weighted by atomic mass is 19.4. The van der Waals surface area contributed by atoms with Crippen LogP contribution in [0, 0.1) is 5.82 Å². The minimum absolute atomic E-state index is 0.00368. The number of benzene rings is 1. The van der Waals surface area contributed by atoms with Crippen molar-refractivity contribution in [1.82, 2.24) is 30.3 Å². The molecule has 1 aliphatic heterocycles. The maximum absolute atomic E-state index is 14.2. The fourth-order valence-corrected chi connectivity index (χ4v) is 3.91. The molecule has 0 aliphatic carbocycles. The van der Waals surface area contributed by atoms with E-state index in [4.69, 9.17) is 4.74 Å². The van der Waals surface area contributed by atoms with Crippen molar-refractivity contribution in [3.63, 3.8) is 0 Å². The Morgan fingerprint density at radius 1 is 0.950 bits per heavy atom. The van der Waals surface area contributed by atoms with Crippen LogP contribution in [0.3, 0.4) is 0 Å². The minimum atomic E-state index is -4.62. The number of carbonyl (C=O) groups excluding carboxylic acids is 1. The minimum Gasteiger partial charge on any atom is -0.378 e. The summed E-state index contributed by atoms with van der Waals surface area (Å²) in [4.78, 5) is 33.8. The first-order valence-electron chi connectivity index (χ1n) is 11.9. The number of pyridine rings is 1. The molecule has 0 spiro atoms. The highest BCUT2D eigenvalue weighted by Crippen LogP contribution is 2.38. The standard InChI is InChI=1S/C25H21F4N9O2/c26-20-13-33-24(35-22(20)38-5-7-40-8-6-38)37-36-23(39)21-4-2-17(12-32-21)34-16-1-3-18(15-10-30-14-31-11-15)19(9-16)25(27,28)29/h1-4,9-14,34H,5-8H2,(H,36,39)(H,33,35,37). The normalized spacial score (nSPS) is 13.6. The molecule has 1 aromatic carbocycles. The molecular weight excluding hydrogens is 534 g/mol. The number of halogens is 4. The predicted molar refractivity (Wildman–Crippen MR) is 136 cm³/mol. The van der Waals surface area contributed by atoms with Gasteiger partial charge in [-0.1, -0.05) is 6.07 Å². The average molecular weight is 555 g/mol. The highest BCUT2D eigenvalue weighted by molar-refractivity contribution is 5.93. The average Bonchev–Trinajstić information content (AvgIpc) is 2.97. The lowest BCUT2D eigenvalue weighted by molar-refractivity contribution is -0.137. The summed E-state index contributed by atoms with van der Waals surface area (Å²) in [5, 5.41) is 2.85. The number of carbonyl (C=O) groups is 1. The van der Waals surface area contributed by atoms with E-state index in [0.29, 0.717) is 32.0 Å². The Labute approximate surface area is 224 Å². The van der Waals surface area contributed by atoms with Crippen LogP contribution in [0.5, 0.6) is 0 Å². The van der Waals surface area contributed by atoms with Crippen molar-refractivity contribution in [2.45, 2.75) is 6.18 Å². The zero-order valence-electron chi connectivity index (χ0n) is 20.6. The van der Waals surface area contributed by atoms with E-state index in [2.05, 4.69) is 41.1 Å². The summed E-state index contributed by atoms with van der Waals surface area (Å²) in [6.45, 7) is 1.82. The number of aromatic nitrogens is 5. The molecule has 0 atom stereocenters. The second-order valence-electron chi connectivity index (χ2n) is 8.49. The number of hydrogen-bond acceptors (Lipinski definition) is 10. The number of amides is 1. The van der Waals surface area contributed by atoms with E-state index < -0.39 is 23.5 Å². The summed E-state index contributed by atoms with van der Waals surface area (Å²) in [6.07, 6.45) is 1.52. The number of morpholine rings is 1. The van der Waals surface area contributed by atoms with E-state index >= 15 is 0 Å². The van der Waals surface area contributed by atoms with Gasteiger partial charge in [0.1, 0.15) is 12.0 Å². The smallest absolute Gasteiger partial charge is 0.378 e. The van der Waals surface area contributed by atoms with Crippen LogP contribution in [0.25, 0.3) is 11.1 Å². The molecule has 1 amide bonds. The van der Waals surface area contributed by atoms with Crippen LogP contribution in [0.4, 0.5) is 40.7 Å². The summed E-state index contributed by atoms with van der Waals surface area (Å²) in [5.41, 5.74) is 4.74. The molecule has 40 heavy (non-hydrogen) atoms. The van der Waals surface area contributed by atoms with Gasteiger partial charge in [0.15, 0.2) is 11.6 Å². The Morgan fingerprint density at radius 3 is 2.40 bits per heavy atom. The molecule has 0 unspecified atom stereocenters. The van der Waals surface area contributed by atoms with E-state index in [-0.39, 0.29) is 34.3 Å². The van der Waals surface area contributed by atoms with E-state index in [1.807, 2.05) is 0 Å². The van der Waals surface area contributed by atoms with Gasteiger partial charge in [-0.25, -0.2) is 24.3 Å². The van der Waals surface area contributed by atoms with Crippen LogP contribution < -0.4 is 21.1 Å². The third-order valence-corrected chi connectivity index (χ3v) is 5.81. The van der Waals surface area contributed by atoms with Gasteiger partial charge in [0.05, 0.1) is 36.9 Å². The molecule has 11 nitrogen and oxygen atoms in total. The third kappa shape index (κ3) is 6.20. The Kier molecular flexibility index (Phi) is 7.63. The molecule has 206 valence electrons. The largest absolute Gasteiger partial charge is 0.417 e. The van der Waals surface area contributed by atoms with Gasteiger partial charge in [-0.3, -0.25) is 15.6 Å². The lowest BCUT2D eigenvalue weighted by Crippen LogP contribution is -2.38. The number of alkyl halides is 3. The second kappa shape index (κ2) is 11.4. The Morgan fingerprint density at radius 2 is 1.70 bits per heavy atom. The zero-order valence-corrected chi connectivity index (χ0v) is 20.6. The van der Waals surface area contributed by atoms with Crippen LogP contribution in [0.1, 0.15) is 16.1 Å². The monoisotopic (exact) mass is 555 g/mol. The van der Waals surface area contributed by atoms with E-state index in [9.17, 15) is 22.4 Å². The first kappa shape index (κ1) is 26.7. The van der Waals surface area contributed by atoms with Gasteiger partial charge in [0, 0.05) is 36.7 Å². The molecule has 1 fully saturated rings. The molecule has 0 bridgehead atoms. The van der Waals surface area contributed by atoms with Gasteiger partial charge in [0.2, 0.25) is 5.95 Å². The van der Waals surface area contributed by atoms with Crippen molar-refractivity contribution in [3.05, 3.63) is 78.5 Å². The van der Waals surface area contributed by atoms with Crippen molar-refractivity contribution in [3.8, 4) is 11.1 Å². The van der Waals surface area contributed by atoms with Gasteiger partial charge in [-0.05, 0) is 29.8 Å². The predicted octanol–water partition coefficient (Wildman–Crippen LogP) is 3.82. The van der Waals surface area contributed by atoms with E-state index in [1.165, 1.54) is 49.2 Å². The van der Waals surface area contributed by atoms with Gasteiger partial charge in [-0.15, -0.1) is 0 Å². The fraction of sp³-hybridized carbons (Fsp3) is 0.200. The first-order chi connectivity index (χ1) is 19.3. The lowest BCUT2D eigenvalue weighted by Gasteiger charge is -2.28. The van der Waals surface area contributed by atoms with Crippen molar-refractivity contribution in [2.24, 2.45) is 0 Å². The third-order valence-electron chi connectivity index (χ3n) is 5.81. The van der Waals surface area contributed by atoms with Gasteiger partial charge >= 0.3 is 6.18 Å². The second-order valence-corrected chi connectivity index (χ2v) is 8.49. The van der Waals surface area contributed by atoms with Crippen molar-refractivity contribution in [1.29, 1.82) is 0 Å². The van der Waals surface area contributed by atoms with Crippen LogP contribution in [0.2, 0.25) is 0 Å². The van der Waals surface area contributed by atoms with Crippen molar-refractivity contribution >= 4 is 29.0 Å². The van der Waals surface area contributed by atoms with Crippen molar-refractivity contribution in [2.75, 3.05) is 41.9 Å². The highest BCUT2D eigenvalue weighted by Gasteiger charge is 2.34. The van der Waals surface area contributed by atoms with E-state index in [1.54, 1.807) is 4.90 Å². The Bertz CT molecular complexity index is 1480. The molecule has 4 heterocycles. The fourth-order valence-electron chi connectivity index (χ4n) is 3.91. The summed E-state index contributed by atoms with van der Waals surface area (Å²) in [5.74, 6) is -1.18. The Hall–Kier alpha value is -4.92. The number of ether oxygens (including phenoxy) is 1. The molecule has 3 N–H and O–H groups in total. The molecule has 1 saturated heterocycles. The van der Waals surface area contributed by atoms with Crippen molar-refractivity contribution < 1.29 is 27.1 Å². The van der Waals surface area contributed by atoms with Crippen LogP contribution in [0.15, 0.2) is 61.4 Å². The molecule has 1 aliphatic rings.